The highest BCUT2D eigenvalue weighted by Gasteiger charge is 2.15. The molecule has 18 heavy (non-hydrogen) atoms. The third-order valence-corrected chi connectivity index (χ3v) is 4.35. The van der Waals surface area contributed by atoms with Gasteiger partial charge in [0, 0.05) is 15.8 Å². The van der Waals surface area contributed by atoms with Gasteiger partial charge in [0.05, 0.1) is 11.5 Å². The van der Waals surface area contributed by atoms with Crippen molar-refractivity contribution in [1.29, 1.82) is 5.26 Å². The van der Waals surface area contributed by atoms with Gasteiger partial charge < -0.3 is 5.32 Å². The van der Waals surface area contributed by atoms with Crippen LogP contribution >= 0.6 is 11.3 Å². The first-order valence-corrected chi connectivity index (χ1v) is 7.47. The molecule has 0 spiro atoms. The molecule has 0 radical (unpaired) electrons. The van der Waals surface area contributed by atoms with Crippen LogP contribution in [0.15, 0.2) is 12.1 Å². The summed E-state index contributed by atoms with van der Waals surface area (Å²) in [5, 5.41) is 12.5. The molecule has 0 amide bonds. The van der Waals surface area contributed by atoms with E-state index in [2.05, 4.69) is 37.4 Å². The molecule has 0 saturated heterocycles. The van der Waals surface area contributed by atoms with Crippen LogP contribution in [0.3, 0.4) is 0 Å². The number of thiophene rings is 1. The smallest absolute Gasteiger partial charge is 0.0683 e. The number of aryl methyl sites for hydroxylation is 1. The van der Waals surface area contributed by atoms with E-state index in [1.54, 1.807) is 0 Å². The Kier molecular flexibility index (Phi) is 5.84. The van der Waals surface area contributed by atoms with Gasteiger partial charge in [0.1, 0.15) is 0 Å². The zero-order valence-electron chi connectivity index (χ0n) is 11.9. The number of rotatable bonds is 7. The Morgan fingerprint density at radius 2 is 2.11 bits per heavy atom. The van der Waals surface area contributed by atoms with Gasteiger partial charge in [0.15, 0.2) is 0 Å². The van der Waals surface area contributed by atoms with E-state index in [1.807, 2.05) is 25.2 Å². The van der Waals surface area contributed by atoms with Crippen LogP contribution in [0.4, 0.5) is 0 Å². The number of nitrogens with zero attached hydrogens (tertiary/aromatic N) is 1. The van der Waals surface area contributed by atoms with Gasteiger partial charge in [-0.25, -0.2) is 0 Å². The van der Waals surface area contributed by atoms with Gasteiger partial charge in [-0.2, -0.15) is 5.26 Å². The van der Waals surface area contributed by atoms with E-state index < -0.39 is 0 Å². The Morgan fingerprint density at radius 1 is 1.39 bits per heavy atom. The standard InChI is InChI=1S/C15H24N2S/c1-12-7-8-14(18-12)13(2)17-10-6-5-9-15(3,4)11-16/h7-8,13,17H,5-6,9-10H2,1-4H3. The van der Waals surface area contributed by atoms with Crippen molar-refractivity contribution >= 4 is 11.3 Å². The Labute approximate surface area is 115 Å². The fourth-order valence-electron chi connectivity index (χ4n) is 1.85. The normalized spacial score (nSPS) is 13.3. The summed E-state index contributed by atoms with van der Waals surface area (Å²) in [6.07, 6.45) is 3.24. The number of nitriles is 1. The molecule has 0 saturated carbocycles. The molecule has 1 aromatic rings. The van der Waals surface area contributed by atoms with Crippen molar-refractivity contribution in [3.05, 3.63) is 21.9 Å². The lowest BCUT2D eigenvalue weighted by atomic mass is 9.89. The SMILES string of the molecule is Cc1ccc(C(C)NCCCCC(C)(C)C#N)s1. The van der Waals surface area contributed by atoms with Crippen molar-refractivity contribution in [2.24, 2.45) is 5.41 Å². The number of unbranched alkanes of at least 4 members (excludes halogenated alkanes) is 1. The van der Waals surface area contributed by atoms with Gasteiger partial charge in [0.25, 0.3) is 0 Å². The molecule has 0 aliphatic carbocycles. The molecule has 2 nitrogen and oxygen atoms in total. The lowest BCUT2D eigenvalue weighted by Crippen LogP contribution is -2.19. The summed E-state index contributed by atoms with van der Waals surface area (Å²) in [6.45, 7) is 9.41. The van der Waals surface area contributed by atoms with E-state index in [0.29, 0.717) is 6.04 Å². The first-order chi connectivity index (χ1) is 8.44. The first-order valence-electron chi connectivity index (χ1n) is 6.65. The van der Waals surface area contributed by atoms with Crippen molar-refractivity contribution in [3.8, 4) is 6.07 Å². The second kappa shape index (κ2) is 6.92. The Balaban J connectivity index is 2.17. The predicted octanol–water partition coefficient (Wildman–Crippen LogP) is 4.43. The average Bonchev–Trinajstić information content (AvgIpc) is 2.75. The highest BCUT2D eigenvalue weighted by Crippen LogP contribution is 2.23. The summed E-state index contributed by atoms with van der Waals surface area (Å²) in [5.41, 5.74) is -0.170. The van der Waals surface area contributed by atoms with Gasteiger partial charge in [-0.3, -0.25) is 0 Å². The molecule has 1 rings (SSSR count). The van der Waals surface area contributed by atoms with E-state index >= 15 is 0 Å². The van der Waals surface area contributed by atoms with Gasteiger partial charge in [-0.05, 0) is 59.2 Å². The Bertz CT molecular complexity index is 401. The molecule has 0 fully saturated rings. The van der Waals surface area contributed by atoms with Crippen LogP contribution in [0.1, 0.15) is 55.8 Å². The Morgan fingerprint density at radius 3 is 2.67 bits per heavy atom. The summed E-state index contributed by atoms with van der Waals surface area (Å²) in [4.78, 5) is 2.78. The Hall–Kier alpha value is -0.850. The van der Waals surface area contributed by atoms with E-state index in [9.17, 15) is 0 Å². The quantitative estimate of drug-likeness (QED) is 0.740. The number of hydrogen-bond acceptors (Lipinski definition) is 3. The van der Waals surface area contributed by atoms with Crippen LogP contribution in [0.25, 0.3) is 0 Å². The average molecular weight is 264 g/mol. The fourth-order valence-corrected chi connectivity index (χ4v) is 2.76. The fraction of sp³-hybridized carbons (Fsp3) is 0.667. The van der Waals surface area contributed by atoms with E-state index in [-0.39, 0.29) is 5.41 Å². The maximum absolute atomic E-state index is 8.93. The molecule has 0 aliphatic heterocycles. The van der Waals surface area contributed by atoms with Crippen LogP contribution < -0.4 is 5.32 Å². The zero-order valence-corrected chi connectivity index (χ0v) is 12.7. The minimum absolute atomic E-state index is 0.170. The highest BCUT2D eigenvalue weighted by molar-refractivity contribution is 7.12. The highest BCUT2D eigenvalue weighted by atomic mass is 32.1. The third kappa shape index (κ3) is 5.20. The summed E-state index contributed by atoms with van der Waals surface area (Å²) >= 11 is 1.86. The van der Waals surface area contributed by atoms with Crippen molar-refractivity contribution in [2.75, 3.05) is 6.54 Å². The molecule has 1 atom stereocenters. The maximum atomic E-state index is 8.93. The lowest BCUT2D eigenvalue weighted by Gasteiger charge is -2.15. The van der Waals surface area contributed by atoms with Crippen LogP contribution in [0, 0.1) is 23.7 Å². The molecule has 0 aromatic carbocycles. The molecule has 1 unspecified atom stereocenters. The van der Waals surface area contributed by atoms with Crippen molar-refractivity contribution in [2.45, 2.75) is 53.0 Å². The topological polar surface area (TPSA) is 35.8 Å². The number of hydrogen-bond donors (Lipinski definition) is 1. The second-order valence-electron chi connectivity index (χ2n) is 5.58. The summed E-state index contributed by atoms with van der Waals surface area (Å²) in [7, 11) is 0. The molecule has 0 aliphatic rings. The first kappa shape index (κ1) is 15.2. The van der Waals surface area contributed by atoms with Crippen LogP contribution in [0.2, 0.25) is 0 Å². The maximum Gasteiger partial charge on any atom is 0.0683 e. The molecular formula is C15H24N2S. The van der Waals surface area contributed by atoms with Crippen LogP contribution in [0.5, 0.6) is 0 Å². The second-order valence-corrected chi connectivity index (χ2v) is 6.90. The molecule has 100 valence electrons. The van der Waals surface area contributed by atoms with Gasteiger partial charge in [-0.15, -0.1) is 11.3 Å². The van der Waals surface area contributed by atoms with E-state index in [0.717, 1.165) is 25.8 Å². The van der Waals surface area contributed by atoms with Crippen molar-refractivity contribution in [3.63, 3.8) is 0 Å². The molecular weight excluding hydrogens is 240 g/mol. The summed E-state index contributed by atoms with van der Waals surface area (Å²) < 4.78 is 0. The van der Waals surface area contributed by atoms with Gasteiger partial charge >= 0.3 is 0 Å². The lowest BCUT2D eigenvalue weighted by molar-refractivity contribution is 0.418. The van der Waals surface area contributed by atoms with Crippen LogP contribution in [-0.2, 0) is 0 Å². The third-order valence-electron chi connectivity index (χ3n) is 3.17. The van der Waals surface area contributed by atoms with Crippen molar-refractivity contribution < 1.29 is 0 Å². The minimum atomic E-state index is -0.170. The zero-order chi connectivity index (χ0) is 13.6. The molecule has 1 N–H and O–H groups in total. The van der Waals surface area contributed by atoms with Gasteiger partial charge in [-0.1, -0.05) is 6.42 Å². The molecule has 0 bridgehead atoms. The summed E-state index contributed by atoms with van der Waals surface area (Å²) in [6, 6.07) is 7.17. The summed E-state index contributed by atoms with van der Waals surface area (Å²) in [5.74, 6) is 0. The predicted molar refractivity (Wildman–Crippen MR) is 78.7 cm³/mol. The van der Waals surface area contributed by atoms with E-state index in [1.165, 1.54) is 9.75 Å². The van der Waals surface area contributed by atoms with Gasteiger partial charge in [0.2, 0.25) is 0 Å². The molecule has 1 heterocycles. The molecule has 3 heteroatoms. The minimum Gasteiger partial charge on any atom is -0.309 e. The van der Waals surface area contributed by atoms with Crippen molar-refractivity contribution in [1.82, 2.24) is 5.32 Å². The monoisotopic (exact) mass is 264 g/mol. The van der Waals surface area contributed by atoms with Crippen LogP contribution in [-0.4, -0.2) is 6.54 Å². The largest absolute Gasteiger partial charge is 0.309 e. The molecule has 1 aromatic heterocycles. The van der Waals surface area contributed by atoms with E-state index in [4.69, 9.17) is 5.26 Å². The number of nitrogens with one attached hydrogen (secondary N) is 1.